The number of para-hydroxylation sites is 1. The number of carbonyl (C=O) groups is 2. The number of Topliss-reactive ketones (excluding diaryl/α,β-unsaturated/α-hetero) is 1. The number of aryl methyl sites for hydroxylation is 1. The molecule has 0 aliphatic rings. The Morgan fingerprint density at radius 2 is 1.66 bits per heavy atom. The lowest BCUT2D eigenvalue weighted by Gasteiger charge is -2.08. The second-order valence-electron chi connectivity index (χ2n) is 6.58. The zero-order valence-corrected chi connectivity index (χ0v) is 16.7. The van der Waals surface area contributed by atoms with Crippen LogP contribution < -0.4 is 0 Å². The number of ketones is 1. The second kappa shape index (κ2) is 8.37. The normalized spacial score (nSPS) is 10.8. The average molecular weight is 401 g/mol. The van der Waals surface area contributed by atoms with E-state index in [1.807, 2.05) is 48.5 Å². The molecule has 0 saturated heterocycles. The minimum absolute atomic E-state index is 0.224. The van der Waals surface area contributed by atoms with Gasteiger partial charge in [-0.1, -0.05) is 61.5 Å². The van der Waals surface area contributed by atoms with E-state index in [0.717, 1.165) is 27.2 Å². The molecule has 0 fully saturated rings. The molecule has 3 aromatic carbocycles. The maximum absolute atomic E-state index is 12.7. The summed E-state index contributed by atoms with van der Waals surface area (Å²) in [6.07, 6.45) is 0.909. The number of aromatic nitrogens is 1. The number of benzene rings is 3. The fraction of sp³-hybridized carbons (Fsp3) is 0.125. The summed E-state index contributed by atoms with van der Waals surface area (Å²) in [5.41, 5.74) is 3.69. The first-order chi connectivity index (χ1) is 14.2. The van der Waals surface area contributed by atoms with E-state index in [0.29, 0.717) is 16.7 Å². The molecule has 1 heterocycles. The Morgan fingerprint density at radius 1 is 0.931 bits per heavy atom. The van der Waals surface area contributed by atoms with Gasteiger partial charge in [0.15, 0.2) is 12.4 Å². The molecular formula is C24H19NO3S. The van der Waals surface area contributed by atoms with Crippen molar-refractivity contribution in [1.82, 2.24) is 4.98 Å². The minimum atomic E-state index is -0.529. The number of rotatable bonds is 6. The van der Waals surface area contributed by atoms with Gasteiger partial charge in [-0.05, 0) is 30.2 Å². The summed E-state index contributed by atoms with van der Waals surface area (Å²) in [4.78, 5) is 29.7. The van der Waals surface area contributed by atoms with E-state index >= 15 is 0 Å². The second-order valence-corrected chi connectivity index (χ2v) is 7.61. The van der Waals surface area contributed by atoms with Gasteiger partial charge in [-0.2, -0.15) is 0 Å². The predicted octanol–water partition coefficient (Wildman–Crippen LogP) is 5.57. The zero-order chi connectivity index (χ0) is 20.2. The van der Waals surface area contributed by atoms with E-state index in [-0.39, 0.29) is 12.4 Å². The number of hydrogen-bond acceptors (Lipinski definition) is 5. The summed E-state index contributed by atoms with van der Waals surface area (Å²) in [5.74, 6) is -0.753. The first-order valence-corrected chi connectivity index (χ1v) is 10.2. The maximum atomic E-state index is 12.7. The summed E-state index contributed by atoms with van der Waals surface area (Å²) in [7, 11) is 0. The number of fused-ring (bicyclic) bond motifs is 1. The van der Waals surface area contributed by atoms with Crippen LogP contribution in [0.5, 0.6) is 0 Å². The molecule has 0 amide bonds. The third kappa shape index (κ3) is 4.10. The molecule has 144 valence electrons. The number of hydrogen-bond donors (Lipinski definition) is 0. The van der Waals surface area contributed by atoms with Crippen molar-refractivity contribution in [2.45, 2.75) is 13.3 Å². The highest BCUT2D eigenvalue weighted by atomic mass is 32.1. The van der Waals surface area contributed by atoms with Crippen LogP contribution in [0.4, 0.5) is 0 Å². The summed E-state index contributed by atoms with van der Waals surface area (Å²) in [6.45, 7) is 1.76. The molecule has 0 N–H and O–H groups in total. The van der Waals surface area contributed by atoms with Gasteiger partial charge in [0.2, 0.25) is 0 Å². The lowest BCUT2D eigenvalue weighted by molar-refractivity contribution is 0.0475. The molecule has 0 bridgehead atoms. The Morgan fingerprint density at radius 3 is 2.41 bits per heavy atom. The zero-order valence-electron chi connectivity index (χ0n) is 15.9. The van der Waals surface area contributed by atoms with E-state index in [1.165, 1.54) is 11.3 Å². The summed E-state index contributed by atoms with van der Waals surface area (Å²) < 4.78 is 6.38. The molecular weight excluding hydrogens is 382 g/mol. The largest absolute Gasteiger partial charge is 0.454 e. The molecule has 0 spiro atoms. The number of carbonyl (C=O) groups excluding carboxylic acids is 2. The van der Waals surface area contributed by atoms with Crippen LogP contribution in [0.3, 0.4) is 0 Å². The first-order valence-electron chi connectivity index (χ1n) is 9.40. The standard InChI is InChI=1S/C24H19NO3S/c1-2-16-11-13-17(14-12-16)21(26)15-28-24(27)19-8-4-3-7-18(19)23-25-20-9-5-6-10-22(20)29-23/h3-14H,2,15H2,1H3. The lowest BCUT2D eigenvalue weighted by atomic mass is 10.1. The van der Waals surface area contributed by atoms with Gasteiger partial charge < -0.3 is 4.74 Å². The number of esters is 1. The van der Waals surface area contributed by atoms with Gasteiger partial charge in [0.05, 0.1) is 15.8 Å². The predicted molar refractivity (Wildman–Crippen MR) is 115 cm³/mol. The molecule has 0 atom stereocenters. The Labute approximate surface area is 172 Å². The molecule has 4 aromatic rings. The van der Waals surface area contributed by atoms with Gasteiger partial charge in [-0.15, -0.1) is 11.3 Å². The monoisotopic (exact) mass is 401 g/mol. The SMILES string of the molecule is CCc1ccc(C(=O)COC(=O)c2ccccc2-c2nc3ccccc3s2)cc1. The minimum Gasteiger partial charge on any atom is -0.454 e. The van der Waals surface area contributed by atoms with Crippen LogP contribution in [0.15, 0.2) is 72.8 Å². The van der Waals surface area contributed by atoms with Crippen LogP contribution in [-0.2, 0) is 11.2 Å². The quantitative estimate of drug-likeness (QED) is 0.313. The molecule has 0 aliphatic heterocycles. The molecule has 29 heavy (non-hydrogen) atoms. The van der Waals surface area contributed by atoms with Crippen molar-refractivity contribution in [2.75, 3.05) is 6.61 Å². The van der Waals surface area contributed by atoms with Crippen molar-refractivity contribution in [3.63, 3.8) is 0 Å². The molecule has 4 rings (SSSR count). The third-order valence-corrected chi connectivity index (χ3v) is 5.76. The van der Waals surface area contributed by atoms with Crippen molar-refractivity contribution >= 4 is 33.3 Å². The Balaban J connectivity index is 1.52. The average Bonchev–Trinajstić information content (AvgIpc) is 3.21. The number of thiazole rings is 1. The Hall–Kier alpha value is -3.31. The van der Waals surface area contributed by atoms with E-state index in [4.69, 9.17) is 4.74 Å². The lowest BCUT2D eigenvalue weighted by Crippen LogP contribution is -2.15. The number of ether oxygens (including phenoxy) is 1. The van der Waals surface area contributed by atoms with Crippen LogP contribution >= 0.6 is 11.3 Å². The molecule has 0 aliphatic carbocycles. The van der Waals surface area contributed by atoms with Crippen LogP contribution in [0.2, 0.25) is 0 Å². The molecule has 4 nitrogen and oxygen atoms in total. The molecule has 0 radical (unpaired) electrons. The van der Waals surface area contributed by atoms with Crippen molar-refractivity contribution in [2.24, 2.45) is 0 Å². The molecule has 0 saturated carbocycles. The van der Waals surface area contributed by atoms with E-state index in [2.05, 4.69) is 11.9 Å². The van der Waals surface area contributed by atoms with Gasteiger partial charge in [-0.25, -0.2) is 9.78 Å². The molecule has 0 unspecified atom stereocenters. The topological polar surface area (TPSA) is 56.3 Å². The van der Waals surface area contributed by atoms with Crippen molar-refractivity contribution in [3.8, 4) is 10.6 Å². The van der Waals surface area contributed by atoms with Crippen LogP contribution in [0.1, 0.15) is 33.2 Å². The van der Waals surface area contributed by atoms with Crippen molar-refractivity contribution < 1.29 is 14.3 Å². The van der Waals surface area contributed by atoms with E-state index in [9.17, 15) is 9.59 Å². The highest BCUT2D eigenvalue weighted by Crippen LogP contribution is 2.32. The highest BCUT2D eigenvalue weighted by Gasteiger charge is 2.18. The van der Waals surface area contributed by atoms with Crippen LogP contribution in [-0.4, -0.2) is 23.3 Å². The summed E-state index contributed by atoms with van der Waals surface area (Å²) >= 11 is 1.52. The highest BCUT2D eigenvalue weighted by molar-refractivity contribution is 7.21. The Bertz CT molecular complexity index is 1150. The first kappa shape index (κ1) is 19.0. The fourth-order valence-electron chi connectivity index (χ4n) is 3.05. The summed E-state index contributed by atoms with van der Waals surface area (Å²) in [6, 6.07) is 22.4. The smallest absolute Gasteiger partial charge is 0.339 e. The summed E-state index contributed by atoms with van der Waals surface area (Å²) in [5, 5.41) is 0.750. The van der Waals surface area contributed by atoms with E-state index < -0.39 is 5.97 Å². The molecule has 5 heteroatoms. The van der Waals surface area contributed by atoms with Crippen molar-refractivity contribution in [3.05, 3.63) is 89.5 Å². The Kier molecular flexibility index (Phi) is 5.49. The number of nitrogens with zero attached hydrogens (tertiary/aromatic N) is 1. The van der Waals surface area contributed by atoms with Gasteiger partial charge in [0.25, 0.3) is 0 Å². The van der Waals surface area contributed by atoms with Gasteiger partial charge in [0.1, 0.15) is 5.01 Å². The van der Waals surface area contributed by atoms with Crippen LogP contribution in [0.25, 0.3) is 20.8 Å². The maximum Gasteiger partial charge on any atom is 0.339 e. The third-order valence-electron chi connectivity index (χ3n) is 4.69. The van der Waals surface area contributed by atoms with Crippen molar-refractivity contribution in [1.29, 1.82) is 0 Å². The van der Waals surface area contributed by atoms with E-state index in [1.54, 1.807) is 24.3 Å². The van der Waals surface area contributed by atoms with Gasteiger partial charge in [-0.3, -0.25) is 4.79 Å². The fourth-order valence-corrected chi connectivity index (χ4v) is 4.06. The van der Waals surface area contributed by atoms with Crippen LogP contribution in [0, 0.1) is 0 Å². The van der Waals surface area contributed by atoms with Gasteiger partial charge in [0, 0.05) is 11.1 Å². The molecule has 1 aromatic heterocycles. The van der Waals surface area contributed by atoms with Gasteiger partial charge >= 0.3 is 5.97 Å².